The van der Waals surface area contributed by atoms with E-state index in [2.05, 4.69) is 14.9 Å². The molecule has 0 bridgehead atoms. The normalized spacial score (nSPS) is 14.0. The number of imidazole rings is 1. The third-order valence-electron chi connectivity index (χ3n) is 3.78. The molecule has 0 atom stereocenters. The van der Waals surface area contributed by atoms with Crippen molar-refractivity contribution >= 4 is 11.6 Å². The number of aromatic nitrogens is 2. The number of nitrogens with one attached hydrogen (secondary N) is 1. The van der Waals surface area contributed by atoms with Crippen molar-refractivity contribution in [2.45, 2.75) is 20.0 Å². The van der Waals surface area contributed by atoms with Crippen molar-refractivity contribution in [2.75, 3.05) is 18.9 Å². The van der Waals surface area contributed by atoms with Crippen LogP contribution in [0.4, 0.5) is 5.69 Å². The number of amides is 1. The van der Waals surface area contributed by atoms with Gasteiger partial charge in [0.15, 0.2) is 0 Å². The molecule has 0 saturated heterocycles. The summed E-state index contributed by atoms with van der Waals surface area (Å²) in [5.41, 5.74) is 2.79. The van der Waals surface area contributed by atoms with Crippen LogP contribution in [0.5, 0.6) is 0 Å². The number of hydrogen-bond donors (Lipinski definition) is 1. The van der Waals surface area contributed by atoms with Gasteiger partial charge in [-0.3, -0.25) is 4.79 Å². The zero-order valence-corrected chi connectivity index (χ0v) is 11.8. The highest BCUT2D eigenvalue weighted by molar-refractivity contribution is 5.96. The molecule has 0 spiro atoms. The van der Waals surface area contributed by atoms with E-state index in [4.69, 9.17) is 0 Å². The molecule has 1 aromatic carbocycles. The molecule has 5 nitrogen and oxygen atoms in total. The topological polar surface area (TPSA) is 50.2 Å². The Balaban J connectivity index is 1.83. The molecule has 1 aromatic heterocycles. The van der Waals surface area contributed by atoms with Gasteiger partial charge in [-0.2, -0.15) is 0 Å². The number of nitrogens with zero attached hydrogens (tertiary/aromatic N) is 3. The molecule has 0 aliphatic carbocycles. The molecule has 1 N–H and O–H groups in total. The molecule has 1 aliphatic rings. The minimum Gasteiger partial charge on any atom is -0.388 e. The lowest BCUT2D eigenvalue weighted by atomic mass is 10.1. The number of carbonyl (C=O) groups excluding carboxylic acids is 1. The molecule has 1 aliphatic heterocycles. The van der Waals surface area contributed by atoms with E-state index < -0.39 is 0 Å². The molecule has 0 unspecified atom stereocenters. The van der Waals surface area contributed by atoms with Crippen molar-refractivity contribution in [1.29, 1.82) is 0 Å². The van der Waals surface area contributed by atoms with Gasteiger partial charge in [-0.15, -0.1) is 0 Å². The van der Waals surface area contributed by atoms with Crippen LogP contribution in [-0.4, -0.2) is 34.0 Å². The molecule has 1 amide bonds. The fourth-order valence-corrected chi connectivity index (χ4v) is 2.58. The first-order valence-corrected chi connectivity index (χ1v) is 6.76. The number of hydrogen-bond acceptors (Lipinski definition) is 3. The van der Waals surface area contributed by atoms with E-state index >= 15 is 0 Å². The molecule has 2 aromatic rings. The second-order valence-electron chi connectivity index (χ2n) is 5.04. The van der Waals surface area contributed by atoms with Gasteiger partial charge in [0.2, 0.25) is 0 Å². The summed E-state index contributed by atoms with van der Waals surface area (Å²) in [5, 5.41) is 3.08. The van der Waals surface area contributed by atoms with Crippen LogP contribution in [-0.2, 0) is 13.1 Å². The van der Waals surface area contributed by atoms with Crippen molar-refractivity contribution in [3.05, 3.63) is 47.5 Å². The van der Waals surface area contributed by atoms with E-state index in [0.29, 0.717) is 6.54 Å². The van der Waals surface area contributed by atoms with Gasteiger partial charge in [0.1, 0.15) is 5.82 Å². The Morgan fingerprint density at radius 2 is 2.20 bits per heavy atom. The summed E-state index contributed by atoms with van der Waals surface area (Å²) < 4.78 is 2.10. The van der Waals surface area contributed by atoms with Gasteiger partial charge in [-0.1, -0.05) is 0 Å². The van der Waals surface area contributed by atoms with E-state index in [-0.39, 0.29) is 5.91 Å². The average molecular weight is 270 g/mol. The molecule has 3 rings (SSSR count). The predicted octanol–water partition coefficient (Wildman–Crippen LogP) is 1.89. The molecule has 0 radical (unpaired) electrons. The molecule has 5 heteroatoms. The third kappa shape index (κ3) is 2.15. The van der Waals surface area contributed by atoms with Gasteiger partial charge in [0.05, 0.1) is 6.54 Å². The lowest BCUT2D eigenvalue weighted by Gasteiger charge is -2.28. The molecular formula is C15H18N4O. The maximum absolute atomic E-state index is 12.6. The van der Waals surface area contributed by atoms with Crippen LogP contribution in [0, 0.1) is 6.92 Å². The van der Waals surface area contributed by atoms with Crippen molar-refractivity contribution in [3.8, 4) is 0 Å². The SMILES string of the molecule is CNc1ccc(C(=O)N2CCn3ccnc3C2)c(C)c1. The maximum atomic E-state index is 12.6. The molecule has 104 valence electrons. The molecule has 0 fully saturated rings. The van der Waals surface area contributed by atoms with E-state index in [1.807, 2.05) is 43.3 Å². The van der Waals surface area contributed by atoms with Crippen molar-refractivity contribution in [3.63, 3.8) is 0 Å². The number of fused-ring (bicyclic) bond motifs is 1. The predicted molar refractivity (Wildman–Crippen MR) is 77.7 cm³/mol. The van der Waals surface area contributed by atoms with Crippen LogP contribution in [0.1, 0.15) is 21.7 Å². The fraction of sp³-hybridized carbons (Fsp3) is 0.333. The van der Waals surface area contributed by atoms with Gasteiger partial charge in [0.25, 0.3) is 5.91 Å². The summed E-state index contributed by atoms with van der Waals surface area (Å²) in [5.74, 6) is 1.04. The highest BCUT2D eigenvalue weighted by atomic mass is 16.2. The van der Waals surface area contributed by atoms with Crippen LogP contribution in [0.3, 0.4) is 0 Å². The van der Waals surface area contributed by atoms with Gasteiger partial charge in [0, 0.05) is 43.8 Å². The minimum atomic E-state index is 0.0828. The zero-order chi connectivity index (χ0) is 14.1. The van der Waals surface area contributed by atoms with E-state index in [1.54, 1.807) is 6.20 Å². The number of carbonyl (C=O) groups is 1. The summed E-state index contributed by atoms with van der Waals surface area (Å²) in [7, 11) is 1.88. The molecule has 2 heterocycles. The highest BCUT2D eigenvalue weighted by Gasteiger charge is 2.23. The Hall–Kier alpha value is -2.30. The third-order valence-corrected chi connectivity index (χ3v) is 3.78. The maximum Gasteiger partial charge on any atom is 0.254 e. The van der Waals surface area contributed by atoms with E-state index in [0.717, 1.165) is 35.7 Å². The number of aryl methyl sites for hydroxylation is 1. The molecule has 0 saturated carbocycles. The summed E-state index contributed by atoms with van der Waals surface area (Å²) in [6.45, 7) is 4.10. The lowest BCUT2D eigenvalue weighted by Crippen LogP contribution is -2.38. The quantitative estimate of drug-likeness (QED) is 0.906. The Bertz CT molecular complexity index is 647. The Labute approximate surface area is 118 Å². The molecule has 20 heavy (non-hydrogen) atoms. The second kappa shape index (κ2) is 5.00. The van der Waals surface area contributed by atoms with Crippen molar-refractivity contribution in [1.82, 2.24) is 14.5 Å². The van der Waals surface area contributed by atoms with Crippen molar-refractivity contribution < 1.29 is 4.79 Å². The Morgan fingerprint density at radius 1 is 1.35 bits per heavy atom. The monoisotopic (exact) mass is 270 g/mol. The number of anilines is 1. The smallest absolute Gasteiger partial charge is 0.254 e. The summed E-state index contributed by atoms with van der Waals surface area (Å²) in [4.78, 5) is 18.8. The van der Waals surface area contributed by atoms with Crippen molar-refractivity contribution in [2.24, 2.45) is 0 Å². The first-order valence-electron chi connectivity index (χ1n) is 6.76. The van der Waals surface area contributed by atoms with Gasteiger partial charge in [-0.25, -0.2) is 4.98 Å². The van der Waals surface area contributed by atoms with Crippen LogP contribution < -0.4 is 5.32 Å². The number of benzene rings is 1. The second-order valence-corrected chi connectivity index (χ2v) is 5.04. The summed E-state index contributed by atoms with van der Waals surface area (Å²) >= 11 is 0. The first kappa shape index (κ1) is 12.7. The fourth-order valence-electron chi connectivity index (χ4n) is 2.58. The Kier molecular flexibility index (Phi) is 3.18. The lowest BCUT2D eigenvalue weighted by molar-refractivity contribution is 0.0707. The van der Waals surface area contributed by atoms with E-state index in [1.165, 1.54) is 0 Å². The van der Waals surface area contributed by atoms with Crippen LogP contribution in [0.15, 0.2) is 30.6 Å². The van der Waals surface area contributed by atoms with E-state index in [9.17, 15) is 4.79 Å². The minimum absolute atomic E-state index is 0.0828. The highest BCUT2D eigenvalue weighted by Crippen LogP contribution is 2.19. The largest absolute Gasteiger partial charge is 0.388 e. The van der Waals surface area contributed by atoms with Gasteiger partial charge in [-0.05, 0) is 30.7 Å². The molecular weight excluding hydrogens is 252 g/mol. The van der Waals surface area contributed by atoms with Crippen LogP contribution >= 0.6 is 0 Å². The summed E-state index contributed by atoms with van der Waals surface area (Å²) in [6.07, 6.45) is 3.75. The number of rotatable bonds is 2. The van der Waals surface area contributed by atoms with Crippen LogP contribution in [0.25, 0.3) is 0 Å². The average Bonchev–Trinajstić information content (AvgIpc) is 2.93. The summed E-state index contributed by atoms with van der Waals surface area (Å²) in [6, 6.07) is 5.83. The first-order chi connectivity index (χ1) is 9.69. The standard InChI is InChI=1S/C15H18N4O/c1-11-9-12(16-2)3-4-13(11)15(20)19-8-7-18-6-5-17-14(18)10-19/h3-6,9,16H,7-8,10H2,1-2H3. The Morgan fingerprint density at radius 3 is 2.95 bits per heavy atom. The van der Waals surface area contributed by atoms with Gasteiger partial charge < -0.3 is 14.8 Å². The zero-order valence-electron chi connectivity index (χ0n) is 11.8. The van der Waals surface area contributed by atoms with Crippen LogP contribution in [0.2, 0.25) is 0 Å². The van der Waals surface area contributed by atoms with Gasteiger partial charge >= 0.3 is 0 Å².